The van der Waals surface area contributed by atoms with Crippen LogP contribution in [-0.4, -0.2) is 21.9 Å². The first-order chi connectivity index (χ1) is 12.2. The zero-order valence-corrected chi connectivity index (χ0v) is 14.8. The van der Waals surface area contributed by atoms with Gasteiger partial charge in [0.1, 0.15) is 12.4 Å². The second kappa shape index (κ2) is 8.02. The Morgan fingerprint density at radius 3 is 2.48 bits per heavy atom. The van der Waals surface area contributed by atoms with Crippen LogP contribution in [0.3, 0.4) is 0 Å². The molecule has 3 aromatic rings. The number of aromatic nitrogens is 3. The first-order valence-corrected chi connectivity index (χ1v) is 8.67. The predicted molar refractivity (Wildman–Crippen MR) is 94.3 cm³/mol. The largest absolute Gasteiger partial charge is 0.493 e. The summed E-state index contributed by atoms with van der Waals surface area (Å²) in [7, 11) is 3.50. The van der Waals surface area contributed by atoms with Crippen molar-refractivity contribution in [2.24, 2.45) is 7.05 Å². The summed E-state index contributed by atoms with van der Waals surface area (Å²) in [6.45, 7) is 0.293. The molecule has 0 bridgehead atoms. The summed E-state index contributed by atoms with van der Waals surface area (Å²) < 4.78 is 25.9. The zero-order chi connectivity index (χ0) is 17.6. The van der Waals surface area contributed by atoms with Crippen molar-refractivity contribution in [3.8, 4) is 11.5 Å². The minimum absolute atomic E-state index is 0.233. The Kier molecular flexibility index (Phi) is 5.55. The number of thioether (sulfide) groups is 1. The highest BCUT2D eigenvalue weighted by atomic mass is 32.2. The molecule has 0 fully saturated rings. The van der Waals surface area contributed by atoms with E-state index in [0.717, 1.165) is 10.7 Å². The van der Waals surface area contributed by atoms with E-state index in [1.54, 1.807) is 31.0 Å². The lowest BCUT2D eigenvalue weighted by molar-refractivity contribution is 0.272. The van der Waals surface area contributed by atoms with Gasteiger partial charge in [-0.2, -0.15) is 0 Å². The molecule has 0 N–H and O–H groups in total. The molecule has 3 rings (SSSR count). The van der Waals surface area contributed by atoms with Gasteiger partial charge in [-0.3, -0.25) is 0 Å². The molecule has 0 aliphatic carbocycles. The minimum atomic E-state index is -0.233. The van der Waals surface area contributed by atoms with Gasteiger partial charge in [-0.1, -0.05) is 36.0 Å². The van der Waals surface area contributed by atoms with Gasteiger partial charge >= 0.3 is 0 Å². The Hall–Kier alpha value is -2.54. The molecule has 0 radical (unpaired) electrons. The monoisotopic (exact) mass is 359 g/mol. The molecular formula is C18H18FN3O2S. The molecule has 0 atom stereocenters. The molecule has 0 saturated carbocycles. The Bertz CT molecular complexity index is 837. The lowest BCUT2D eigenvalue weighted by Crippen LogP contribution is -2.05. The number of ether oxygens (including phenoxy) is 2. The van der Waals surface area contributed by atoms with Gasteiger partial charge in [0.15, 0.2) is 22.5 Å². The highest BCUT2D eigenvalue weighted by molar-refractivity contribution is 7.98. The molecule has 25 heavy (non-hydrogen) atoms. The summed E-state index contributed by atoms with van der Waals surface area (Å²) in [5.41, 5.74) is 1.03. The van der Waals surface area contributed by atoms with Gasteiger partial charge in [0, 0.05) is 12.8 Å². The average Bonchev–Trinajstić information content (AvgIpc) is 2.99. The third-order valence-electron chi connectivity index (χ3n) is 3.63. The van der Waals surface area contributed by atoms with E-state index in [9.17, 15) is 4.39 Å². The van der Waals surface area contributed by atoms with E-state index in [1.165, 1.54) is 12.1 Å². The van der Waals surface area contributed by atoms with E-state index in [2.05, 4.69) is 10.2 Å². The van der Waals surface area contributed by atoms with Crippen LogP contribution in [0.5, 0.6) is 11.5 Å². The number of hydrogen-bond acceptors (Lipinski definition) is 5. The maximum atomic E-state index is 12.9. The Balaban J connectivity index is 1.61. The summed E-state index contributed by atoms with van der Waals surface area (Å²) in [5, 5.41) is 9.15. The van der Waals surface area contributed by atoms with Crippen molar-refractivity contribution in [2.45, 2.75) is 17.5 Å². The van der Waals surface area contributed by atoms with Crippen molar-refractivity contribution in [3.63, 3.8) is 0 Å². The summed E-state index contributed by atoms with van der Waals surface area (Å²) >= 11 is 1.54. The fourth-order valence-corrected chi connectivity index (χ4v) is 3.09. The molecule has 0 amide bonds. The molecule has 5 nitrogen and oxygen atoms in total. The van der Waals surface area contributed by atoms with E-state index in [0.29, 0.717) is 29.7 Å². The van der Waals surface area contributed by atoms with E-state index in [-0.39, 0.29) is 5.82 Å². The SMILES string of the molecule is COc1ccccc1OCc1nnc(SCc2ccc(F)cc2)n1C. The Morgan fingerprint density at radius 1 is 1.04 bits per heavy atom. The zero-order valence-electron chi connectivity index (χ0n) is 14.0. The quantitative estimate of drug-likeness (QED) is 0.600. The van der Waals surface area contributed by atoms with E-state index >= 15 is 0 Å². The number of methoxy groups -OCH3 is 1. The number of nitrogens with zero attached hydrogens (tertiary/aromatic N) is 3. The molecule has 130 valence electrons. The van der Waals surface area contributed by atoms with Crippen molar-refractivity contribution >= 4 is 11.8 Å². The summed E-state index contributed by atoms with van der Waals surface area (Å²) in [4.78, 5) is 0. The molecule has 0 saturated heterocycles. The van der Waals surface area contributed by atoms with Crippen molar-refractivity contribution < 1.29 is 13.9 Å². The molecule has 1 aromatic heterocycles. The summed E-state index contributed by atoms with van der Waals surface area (Å²) in [6.07, 6.45) is 0. The maximum Gasteiger partial charge on any atom is 0.191 e. The molecule has 0 unspecified atom stereocenters. The van der Waals surface area contributed by atoms with Gasteiger partial charge in [0.25, 0.3) is 0 Å². The highest BCUT2D eigenvalue weighted by Crippen LogP contribution is 2.27. The fourth-order valence-electron chi connectivity index (χ4n) is 2.21. The first kappa shape index (κ1) is 17.3. The van der Waals surface area contributed by atoms with Crippen molar-refractivity contribution in [3.05, 3.63) is 65.7 Å². The first-order valence-electron chi connectivity index (χ1n) is 7.68. The third kappa shape index (κ3) is 4.30. The second-order valence-corrected chi connectivity index (χ2v) is 6.25. The van der Waals surface area contributed by atoms with Gasteiger partial charge < -0.3 is 14.0 Å². The van der Waals surface area contributed by atoms with Crippen LogP contribution in [0.4, 0.5) is 4.39 Å². The van der Waals surface area contributed by atoms with Crippen LogP contribution in [-0.2, 0) is 19.4 Å². The molecule has 7 heteroatoms. The molecule has 0 aliphatic rings. The van der Waals surface area contributed by atoms with Gasteiger partial charge in [-0.25, -0.2) is 4.39 Å². The second-order valence-electron chi connectivity index (χ2n) is 5.31. The van der Waals surface area contributed by atoms with Crippen LogP contribution in [0.15, 0.2) is 53.7 Å². The van der Waals surface area contributed by atoms with Crippen molar-refractivity contribution in [2.75, 3.05) is 7.11 Å². The van der Waals surface area contributed by atoms with E-state index in [4.69, 9.17) is 9.47 Å². The lowest BCUT2D eigenvalue weighted by Gasteiger charge is -2.10. The topological polar surface area (TPSA) is 49.2 Å². The molecule has 1 heterocycles. The normalized spacial score (nSPS) is 10.7. The number of rotatable bonds is 7. The Morgan fingerprint density at radius 2 is 1.76 bits per heavy atom. The summed E-state index contributed by atoms with van der Waals surface area (Å²) in [6, 6.07) is 13.9. The molecule has 2 aromatic carbocycles. The van der Waals surface area contributed by atoms with Crippen LogP contribution < -0.4 is 9.47 Å². The number of halogens is 1. The fraction of sp³-hybridized carbons (Fsp3) is 0.222. The van der Waals surface area contributed by atoms with Crippen LogP contribution in [0.1, 0.15) is 11.4 Å². The molecule has 0 spiro atoms. The smallest absolute Gasteiger partial charge is 0.191 e. The van der Waals surface area contributed by atoms with Crippen LogP contribution in [0.2, 0.25) is 0 Å². The maximum absolute atomic E-state index is 12.9. The third-order valence-corrected chi connectivity index (χ3v) is 4.72. The van der Waals surface area contributed by atoms with Gasteiger partial charge in [0.05, 0.1) is 7.11 Å². The van der Waals surface area contributed by atoms with Gasteiger partial charge in [-0.05, 0) is 29.8 Å². The molecular weight excluding hydrogens is 341 g/mol. The van der Waals surface area contributed by atoms with Crippen LogP contribution in [0.25, 0.3) is 0 Å². The van der Waals surface area contributed by atoms with Crippen LogP contribution in [0, 0.1) is 5.82 Å². The standard InChI is InChI=1S/C18H18FN3O2S/c1-22-17(11-24-16-6-4-3-5-15(16)23-2)20-21-18(22)25-12-13-7-9-14(19)10-8-13/h3-10H,11-12H2,1-2H3. The number of benzene rings is 2. The van der Waals surface area contributed by atoms with E-state index in [1.807, 2.05) is 35.9 Å². The number of hydrogen-bond donors (Lipinski definition) is 0. The Labute approximate surface area is 149 Å². The summed E-state index contributed by atoms with van der Waals surface area (Å²) in [5.74, 6) is 2.51. The van der Waals surface area contributed by atoms with Crippen molar-refractivity contribution in [1.29, 1.82) is 0 Å². The molecule has 0 aliphatic heterocycles. The number of para-hydroxylation sites is 2. The minimum Gasteiger partial charge on any atom is -0.493 e. The van der Waals surface area contributed by atoms with E-state index < -0.39 is 0 Å². The lowest BCUT2D eigenvalue weighted by atomic mass is 10.2. The average molecular weight is 359 g/mol. The predicted octanol–water partition coefficient (Wildman–Crippen LogP) is 3.83. The van der Waals surface area contributed by atoms with Crippen molar-refractivity contribution in [1.82, 2.24) is 14.8 Å². The van der Waals surface area contributed by atoms with Crippen LogP contribution >= 0.6 is 11.8 Å². The highest BCUT2D eigenvalue weighted by Gasteiger charge is 2.11. The van der Waals surface area contributed by atoms with Gasteiger partial charge in [0.2, 0.25) is 0 Å². The van der Waals surface area contributed by atoms with Gasteiger partial charge in [-0.15, -0.1) is 10.2 Å².